The highest BCUT2D eigenvalue weighted by molar-refractivity contribution is 5.43. The molecule has 1 aromatic carbocycles. The second-order valence-electron chi connectivity index (χ2n) is 5.86. The molecule has 106 valence electrons. The van der Waals surface area contributed by atoms with E-state index in [9.17, 15) is 0 Å². The lowest BCUT2D eigenvalue weighted by atomic mass is 9.78. The summed E-state index contributed by atoms with van der Waals surface area (Å²) in [6.07, 6.45) is 6.03. The van der Waals surface area contributed by atoms with E-state index < -0.39 is 0 Å². The zero-order chi connectivity index (χ0) is 13.9. The SMILES string of the molecule is COc1ccc(CC(N)C2(C)CCCC2)cc1OC. The fourth-order valence-electron chi connectivity index (χ4n) is 3.06. The normalized spacial score (nSPS) is 19.2. The van der Waals surface area contributed by atoms with Gasteiger partial charge in [0.25, 0.3) is 0 Å². The smallest absolute Gasteiger partial charge is 0.160 e. The van der Waals surface area contributed by atoms with Gasteiger partial charge in [-0.05, 0) is 42.4 Å². The van der Waals surface area contributed by atoms with Crippen LogP contribution in [0.2, 0.25) is 0 Å². The highest BCUT2D eigenvalue weighted by Crippen LogP contribution is 2.41. The highest BCUT2D eigenvalue weighted by Gasteiger charge is 2.34. The van der Waals surface area contributed by atoms with E-state index in [4.69, 9.17) is 15.2 Å². The molecule has 0 bridgehead atoms. The van der Waals surface area contributed by atoms with Crippen LogP contribution >= 0.6 is 0 Å². The van der Waals surface area contributed by atoms with Crippen LogP contribution in [0.15, 0.2) is 18.2 Å². The molecule has 0 aliphatic heterocycles. The van der Waals surface area contributed by atoms with Crippen LogP contribution in [-0.2, 0) is 6.42 Å². The summed E-state index contributed by atoms with van der Waals surface area (Å²) in [6.45, 7) is 2.32. The Labute approximate surface area is 116 Å². The Hall–Kier alpha value is -1.22. The molecule has 1 fully saturated rings. The molecule has 2 N–H and O–H groups in total. The summed E-state index contributed by atoms with van der Waals surface area (Å²) in [6, 6.07) is 6.29. The van der Waals surface area contributed by atoms with E-state index in [1.807, 2.05) is 12.1 Å². The topological polar surface area (TPSA) is 44.5 Å². The maximum atomic E-state index is 6.44. The summed E-state index contributed by atoms with van der Waals surface area (Å²) in [7, 11) is 3.32. The molecule has 0 spiro atoms. The van der Waals surface area contributed by atoms with Crippen molar-refractivity contribution in [3.05, 3.63) is 23.8 Å². The van der Waals surface area contributed by atoms with Crippen LogP contribution in [0.4, 0.5) is 0 Å². The summed E-state index contributed by atoms with van der Waals surface area (Å²) < 4.78 is 10.6. The van der Waals surface area contributed by atoms with Gasteiger partial charge in [-0.15, -0.1) is 0 Å². The second kappa shape index (κ2) is 5.83. The van der Waals surface area contributed by atoms with Crippen LogP contribution < -0.4 is 15.2 Å². The second-order valence-corrected chi connectivity index (χ2v) is 5.86. The lowest BCUT2D eigenvalue weighted by Crippen LogP contribution is -2.39. The van der Waals surface area contributed by atoms with Gasteiger partial charge in [-0.3, -0.25) is 0 Å². The molecule has 0 amide bonds. The van der Waals surface area contributed by atoms with Crippen LogP contribution in [0.25, 0.3) is 0 Å². The molecular formula is C16H25NO2. The zero-order valence-corrected chi connectivity index (χ0v) is 12.2. The monoisotopic (exact) mass is 263 g/mol. The largest absolute Gasteiger partial charge is 0.493 e. The van der Waals surface area contributed by atoms with E-state index >= 15 is 0 Å². The van der Waals surface area contributed by atoms with E-state index in [2.05, 4.69) is 13.0 Å². The number of benzene rings is 1. The van der Waals surface area contributed by atoms with Crippen LogP contribution in [-0.4, -0.2) is 20.3 Å². The fourth-order valence-corrected chi connectivity index (χ4v) is 3.06. The first-order valence-electron chi connectivity index (χ1n) is 7.05. The van der Waals surface area contributed by atoms with Crippen LogP contribution in [0.1, 0.15) is 38.2 Å². The number of hydrogen-bond donors (Lipinski definition) is 1. The van der Waals surface area contributed by atoms with Gasteiger partial charge in [-0.2, -0.15) is 0 Å². The number of nitrogens with two attached hydrogens (primary N) is 1. The Morgan fingerprint density at radius 1 is 1.16 bits per heavy atom. The van der Waals surface area contributed by atoms with Crippen molar-refractivity contribution >= 4 is 0 Å². The Morgan fingerprint density at radius 2 is 1.79 bits per heavy atom. The van der Waals surface area contributed by atoms with Gasteiger partial charge in [-0.25, -0.2) is 0 Å². The van der Waals surface area contributed by atoms with E-state index in [-0.39, 0.29) is 6.04 Å². The highest BCUT2D eigenvalue weighted by atomic mass is 16.5. The fraction of sp³-hybridized carbons (Fsp3) is 0.625. The molecule has 1 atom stereocenters. The third kappa shape index (κ3) is 3.03. The molecule has 19 heavy (non-hydrogen) atoms. The Kier molecular flexibility index (Phi) is 4.35. The molecule has 1 aliphatic carbocycles. The molecule has 0 saturated heterocycles. The minimum absolute atomic E-state index is 0.216. The molecule has 1 aromatic rings. The van der Waals surface area contributed by atoms with E-state index in [1.165, 1.54) is 31.2 Å². The van der Waals surface area contributed by atoms with Gasteiger partial charge in [0.05, 0.1) is 14.2 Å². The summed E-state index contributed by atoms with van der Waals surface area (Å²) in [5, 5.41) is 0. The maximum absolute atomic E-state index is 6.44. The van der Waals surface area contributed by atoms with E-state index in [0.717, 1.165) is 17.9 Å². The summed E-state index contributed by atoms with van der Waals surface area (Å²) >= 11 is 0. The third-order valence-electron chi connectivity index (χ3n) is 4.54. The molecule has 1 unspecified atom stereocenters. The van der Waals surface area contributed by atoms with Crippen molar-refractivity contribution in [2.75, 3.05) is 14.2 Å². The molecule has 2 rings (SSSR count). The molecule has 1 aliphatic rings. The standard InChI is InChI=1S/C16H25NO2/c1-16(8-4-5-9-16)15(17)11-12-6-7-13(18-2)14(10-12)19-3/h6-7,10,15H,4-5,8-9,11,17H2,1-3H3. The number of ether oxygens (including phenoxy) is 2. The Morgan fingerprint density at radius 3 is 2.37 bits per heavy atom. The Bertz CT molecular complexity index is 425. The molecule has 0 radical (unpaired) electrons. The number of rotatable bonds is 5. The van der Waals surface area contributed by atoms with Gasteiger partial charge in [-0.1, -0.05) is 25.8 Å². The third-order valence-corrected chi connectivity index (χ3v) is 4.54. The molecule has 0 heterocycles. The summed E-state index contributed by atoms with van der Waals surface area (Å²) in [4.78, 5) is 0. The quantitative estimate of drug-likeness (QED) is 0.887. The van der Waals surface area contributed by atoms with E-state index in [0.29, 0.717) is 5.41 Å². The van der Waals surface area contributed by atoms with Crippen molar-refractivity contribution in [3.63, 3.8) is 0 Å². The molecule has 3 nitrogen and oxygen atoms in total. The van der Waals surface area contributed by atoms with Gasteiger partial charge in [0.2, 0.25) is 0 Å². The molecule has 3 heteroatoms. The Balaban J connectivity index is 2.10. The van der Waals surface area contributed by atoms with Gasteiger partial charge >= 0.3 is 0 Å². The van der Waals surface area contributed by atoms with Gasteiger partial charge in [0.1, 0.15) is 0 Å². The average molecular weight is 263 g/mol. The number of methoxy groups -OCH3 is 2. The van der Waals surface area contributed by atoms with Crippen molar-refractivity contribution in [2.24, 2.45) is 11.1 Å². The molecule has 1 saturated carbocycles. The van der Waals surface area contributed by atoms with Crippen molar-refractivity contribution in [3.8, 4) is 11.5 Å². The van der Waals surface area contributed by atoms with Crippen molar-refractivity contribution < 1.29 is 9.47 Å². The maximum Gasteiger partial charge on any atom is 0.160 e. The van der Waals surface area contributed by atoms with Crippen molar-refractivity contribution in [1.29, 1.82) is 0 Å². The predicted octanol–water partition coefficient (Wildman–Crippen LogP) is 3.15. The first-order valence-corrected chi connectivity index (χ1v) is 7.05. The molecule has 0 aromatic heterocycles. The van der Waals surface area contributed by atoms with Crippen LogP contribution in [0.5, 0.6) is 11.5 Å². The zero-order valence-electron chi connectivity index (χ0n) is 12.2. The lowest BCUT2D eigenvalue weighted by Gasteiger charge is -2.31. The first kappa shape index (κ1) is 14.2. The molecular weight excluding hydrogens is 238 g/mol. The first-order chi connectivity index (χ1) is 9.09. The van der Waals surface area contributed by atoms with Crippen molar-refractivity contribution in [2.45, 2.75) is 45.1 Å². The van der Waals surface area contributed by atoms with Gasteiger partial charge in [0, 0.05) is 6.04 Å². The summed E-state index contributed by atoms with van der Waals surface area (Å²) in [5.74, 6) is 1.55. The number of hydrogen-bond acceptors (Lipinski definition) is 3. The van der Waals surface area contributed by atoms with Crippen molar-refractivity contribution in [1.82, 2.24) is 0 Å². The minimum Gasteiger partial charge on any atom is -0.493 e. The van der Waals surface area contributed by atoms with Crippen LogP contribution in [0.3, 0.4) is 0 Å². The van der Waals surface area contributed by atoms with Gasteiger partial charge in [0.15, 0.2) is 11.5 Å². The average Bonchev–Trinajstić information content (AvgIpc) is 2.87. The lowest BCUT2D eigenvalue weighted by molar-refractivity contribution is 0.260. The van der Waals surface area contributed by atoms with Gasteiger partial charge < -0.3 is 15.2 Å². The predicted molar refractivity (Wildman–Crippen MR) is 77.8 cm³/mol. The van der Waals surface area contributed by atoms with Crippen LogP contribution in [0, 0.1) is 5.41 Å². The summed E-state index contributed by atoms with van der Waals surface area (Å²) in [5.41, 5.74) is 7.95. The van der Waals surface area contributed by atoms with E-state index in [1.54, 1.807) is 14.2 Å². The minimum atomic E-state index is 0.216.